The summed E-state index contributed by atoms with van der Waals surface area (Å²) < 4.78 is 0. The number of nitrogens with one attached hydrogen (secondary N) is 2. The summed E-state index contributed by atoms with van der Waals surface area (Å²) in [4.78, 5) is 22.4. The van der Waals surface area contributed by atoms with E-state index < -0.39 is 0 Å². The molecule has 0 fully saturated rings. The van der Waals surface area contributed by atoms with Crippen LogP contribution in [0.4, 0.5) is 4.79 Å². The highest BCUT2D eigenvalue weighted by Gasteiger charge is 2.23. The molecule has 132 valence electrons. The summed E-state index contributed by atoms with van der Waals surface area (Å²) in [6.45, 7) is 1.92. The summed E-state index contributed by atoms with van der Waals surface area (Å²) in [5.74, 6) is 0.877. The third kappa shape index (κ3) is 3.61. The minimum absolute atomic E-state index is 0.0116. The third-order valence-corrected chi connectivity index (χ3v) is 4.70. The zero-order chi connectivity index (χ0) is 17.8. The zero-order valence-electron chi connectivity index (χ0n) is 14.6. The number of rotatable bonds is 4. The summed E-state index contributed by atoms with van der Waals surface area (Å²) in [7, 11) is 0. The molecule has 2 heterocycles. The van der Waals surface area contributed by atoms with Crippen LogP contribution >= 0.6 is 0 Å². The van der Waals surface area contributed by atoms with Gasteiger partial charge in [-0.15, -0.1) is 0 Å². The smallest absolute Gasteiger partial charge is 0.317 e. The van der Waals surface area contributed by atoms with E-state index in [4.69, 9.17) is 4.98 Å². The lowest BCUT2D eigenvalue weighted by Crippen LogP contribution is -2.43. The fraction of sp³-hybridized carbons (Fsp3) is 0.238. The number of hydrogen-bond donors (Lipinski definition) is 2. The maximum Gasteiger partial charge on any atom is 0.317 e. The number of H-pyrrole nitrogens is 1. The molecule has 2 amide bonds. The Bertz CT molecular complexity index is 874. The fourth-order valence-corrected chi connectivity index (χ4v) is 3.27. The van der Waals surface area contributed by atoms with Crippen LogP contribution in [-0.2, 0) is 19.4 Å². The molecule has 0 radical (unpaired) electrons. The summed E-state index contributed by atoms with van der Waals surface area (Å²) in [5.41, 5.74) is 4.40. The van der Waals surface area contributed by atoms with Gasteiger partial charge in [0.1, 0.15) is 5.82 Å². The summed E-state index contributed by atoms with van der Waals surface area (Å²) >= 11 is 0. The maximum absolute atomic E-state index is 12.5. The Labute approximate surface area is 153 Å². The highest BCUT2D eigenvalue weighted by Crippen LogP contribution is 2.22. The van der Waals surface area contributed by atoms with E-state index in [1.165, 1.54) is 5.56 Å². The first-order valence-corrected chi connectivity index (χ1v) is 8.99. The van der Waals surface area contributed by atoms with Crippen molar-refractivity contribution >= 4 is 6.03 Å². The van der Waals surface area contributed by atoms with E-state index in [0.717, 1.165) is 35.6 Å². The predicted octanol–water partition coefficient (Wildman–Crippen LogP) is 3.39. The number of imidazole rings is 1. The number of nitrogens with zero attached hydrogens (tertiary/aromatic N) is 2. The molecule has 2 N–H and O–H groups in total. The van der Waals surface area contributed by atoms with Crippen molar-refractivity contribution in [3.8, 4) is 11.4 Å². The first-order valence-electron chi connectivity index (χ1n) is 8.99. The molecule has 5 heteroatoms. The van der Waals surface area contributed by atoms with Crippen molar-refractivity contribution in [2.24, 2.45) is 0 Å². The second-order valence-corrected chi connectivity index (χ2v) is 6.52. The lowest BCUT2D eigenvalue weighted by Gasteiger charge is -2.26. The van der Waals surface area contributed by atoms with Crippen molar-refractivity contribution in [2.45, 2.75) is 19.4 Å². The molecule has 5 nitrogen and oxygen atoms in total. The van der Waals surface area contributed by atoms with E-state index >= 15 is 0 Å². The topological polar surface area (TPSA) is 61.0 Å². The van der Waals surface area contributed by atoms with Crippen molar-refractivity contribution in [3.05, 3.63) is 77.6 Å². The lowest BCUT2D eigenvalue weighted by atomic mass is 10.1. The standard InChI is InChI=1S/C21H22N4O/c26-21(22-13-11-16-7-3-1-4-8-16)25-14-12-18-19(15-25)24-20(23-18)17-9-5-2-6-10-17/h1-10H,11-15H2,(H,22,26)(H,23,24). The van der Waals surface area contributed by atoms with Crippen molar-refractivity contribution in [2.75, 3.05) is 13.1 Å². The van der Waals surface area contributed by atoms with Gasteiger partial charge < -0.3 is 15.2 Å². The van der Waals surface area contributed by atoms with Crippen LogP contribution in [-0.4, -0.2) is 34.0 Å². The second-order valence-electron chi connectivity index (χ2n) is 6.52. The molecule has 2 aromatic carbocycles. The highest BCUT2D eigenvalue weighted by molar-refractivity contribution is 5.74. The van der Waals surface area contributed by atoms with Gasteiger partial charge in [-0.1, -0.05) is 60.7 Å². The van der Waals surface area contributed by atoms with Crippen LogP contribution in [0.2, 0.25) is 0 Å². The molecule has 0 unspecified atom stereocenters. The molecule has 0 saturated heterocycles. The van der Waals surface area contributed by atoms with Gasteiger partial charge in [-0.2, -0.15) is 0 Å². The maximum atomic E-state index is 12.5. The van der Waals surface area contributed by atoms with E-state index in [-0.39, 0.29) is 6.03 Å². The van der Waals surface area contributed by atoms with Gasteiger partial charge >= 0.3 is 6.03 Å². The molecular formula is C21H22N4O. The number of carbonyl (C=O) groups excluding carboxylic acids is 1. The van der Waals surface area contributed by atoms with Crippen molar-refractivity contribution in [3.63, 3.8) is 0 Å². The second kappa shape index (κ2) is 7.44. The van der Waals surface area contributed by atoms with Crippen molar-refractivity contribution < 1.29 is 4.79 Å². The normalized spacial score (nSPS) is 13.3. The molecule has 0 atom stereocenters. The van der Waals surface area contributed by atoms with Gasteiger partial charge in [-0.25, -0.2) is 9.78 Å². The average molecular weight is 346 g/mol. The minimum atomic E-state index is -0.0116. The largest absolute Gasteiger partial charge is 0.340 e. The van der Waals surface area contributed by atoms with Crippen LogP contribution in [0.25, 0.3) is 11.4 Å². The minimum Gasteiger partial charge on any atom is -0.340 e. The van der Waals surface area contributed by atoms with Crippen LogP contribution < -0.4 is 5.32 Å². The Morgan fingerprint density at radius 2 is 1.81 bits per heavy atom. The Kier molecular flexibility index (Phi) is 4.69. The molecular weight excluding hydrogens is 324 g/mol. The van der Waals surface area contributed by atoms with E-state index in [2.05, 4.69) is 22.4 Å². The van der Waals surface area contributed by atoms with Crippen molar-refractivity contribution in [1.29, 1.82) is 0 Å². The van der Waals surface area contributed by atoms with E-state index in [9.17, 15) is 4.79 Å². The number of aromatic amines is 1. The highest BCUT2D eigenvalue weighted by atomic mass is 16.2. The molecule has 3 aromatic rings. The van der Waals surface area contributed by atoms with Gasteiger partial charge in [0, 0.05) is 25.1 Å². The van der Waals surface area contributed by atoms with Crippen LogP contribution in [0.15, 0.2) is 60.7 Å². The van der Waals surface area contributed by atoms with E-state index in [1.807, 2.05) is 53.4 Å². The molecule has 0 bridgehead atoms. The zero-order valence-corrected chi connectivity index (χ0v) is 14.6. The quantitative estimate of drug-likeness (QED) is 0.761. The summed E-state index contributed by atoms with van der Waals surface area (Å²) in [6, 6.07) is 20.3. The van der Waals surface area contributed by atoms with Gasteiger partial charge in [0.15, 0.2) is 0 Å². The molecule has 4 rings (SSSR count). The van der Waals surface area contributed by atoms with Gasteiger partial charge in [-0.05, 0) is 12.0 Å². The monoisotopic (exact) mass is 346 g/mol. The average Bonchev–Trinajstić information content (AvgIpc) is 3.13. The summed E-state index contributed by atoms with van der Waals surface area (Å²) in [5, 5.41) is 3.02. The third-order valence-electron chi connectivity index (χ3n) is 4.70. The number of carbonyl (C=O) groups is 1. The number of urea groups is 1. The molecule has 0 aliphatic carbocycles. The fourth-order valence-electron chi connectivity index (χ4n) is 3.27. The number of aromatic nitrogens is 2. The number of benzene rings is 2. The molecule has 1 aliphatic heterocycles. The van der Waals surface area contributed by atoms with Crippen molar-refractivity contribution in [1.82, 2.24) is 20.2 Å². The Morgan fingerprint density at radius 1 is 1.08 bits per heavy atom. The number of amides is 2. The lowest BCUT2D eigenvalue weighted by molar-refractivity contribution is 0.191. The van der Waals surface area contributed by atoms with E-state index in [1.54, 1.807) is 0 Å². The molecule has 0 saturated carbocycles. The van der Waals surface area contributed by atoms with Gasteiger partial charge in [0.05, 0.1) is 17.9 Å². The predicted molar refractivity (Wildman–Crippen MR) is 102 cm³/mol. The van der Waals surface area contributed by atoms with Crippen LogP contribution in [0.1, 0.15) is 17.0 Å². The number of hydrogen-bond acceptors (Lipinski definition) is 2. The first kappa shape index (κ1) is 16.4. The van der Waals surface area contributed by atoms with Gasteiger partial charge in [0.25, 0.3) is 0 Å². The van der Waals surface area contributed by atoms with Crippen LogP contribution in [0.5, 0.6) is 0 Å². The molecule has 0 spiro atoms. The van der Waals surface area contributed by atoms with Crippen LogP contribution in [0, 0.1) is 0 Å². The molecule has 26 heavy (non-hydrogen) atoms. The van der Waals surface area contributed by atoms with E-state index in [0.29, 0.717) is 19.6 Å². The molecule has 1 aromatic heterocycles. The van der Waals surface area contributed by atoms with Gasteiger partial charge in [0.2, 0.25) is 0 Å². The Morgan fingerprint density at radius 3 is 2.58 bits per heavy atom. The number of fused-ring (bicyclic) bond motifs is 1. The Balaban J connectivity index is 1.36. The summed E-state index contributed by atoms with van der Waals surface area (Å²) in [6.07, 6.45) is 1.62. The molecule has 1 aliphatic rings. The first-order chi connectivity index (χ1) is 12.8. The Hall–Kier alpha value is -3.08. The SMILES string of the molecule is O=C(NCCc1ccccc1)N1CCc2nc(-c3ccccc3)[nH]c2C1. The van der Waals surface area contributed by atoms with Crippen LogP contribution in [0.3, 0.4) is 0 Å². The van der Waals surface area contributed by atoms with Gasteiger partial charge in [-0.3, -0.25) is 0 Å².